The minimum absolute atomic E-state index is 0. The number of rotatable bonds is 5. The highest BCUT2D eigenvalue weighted by Gasteiger charge is 2.41. The van der Waals surface area contributed by atoms with Gasteiger partial charge in [0.15, 0.2) is 0 Å². The van der Waals surface area contributed by atoms with Crippen molar-refractivity contribution in [3.8, 4) is 0 Å². The van der Waals surface area contributed by atoms with E-state index in [1.165, 1.54) is 0 Å². The molecule has 0 amide bonds. The number of aliphatic carboxylic acids is 2. The maximum atomic E-state index is 10.2. The van der Waals surface area contributed by atoms with E-state index in [1.54, 1.807) is 6.20 Å². The Morgan fingerprint density at radius 3 is 1.45 bits per heavy atom. The number of nitrogen functional groups attached to an aromatic ring is 1. The molecule has 2 aliphatic carbocycles. The maximum Gasteiger partial charge on any atom is 0.307 e. The number of nitrogens with one attached hydrogen (secondary N) is 1. The molecular weight excluding hydrogens is 707 g/mol. The molecule has 3 aromatic carbocycles. The molecule has 8 aromatic rings. The molecule has 13 heteroatoms. The zero-order valence-electron chi connectivity index (χ0n) is 30.7. The number of carboxylic acids is 2. The monoisotopic (exact) mass is 751 g/mol. The summed E-state index contributed by atoms with van der Waals surface area (Å²) in [5.41, 5.74) is 14.9. The minimum Gasteiger partial charge on any atom is -0.481 e. The lowest BCUT2D eigenvalue weighted by Crippen LogP contribution is -2.37. The summed E-state index contributed by atoms with van der Waals surface area (Å²) in [6, 6.07) is 24.4. The van der Waals surface area contributed by atoms with Crippen LogP contribution in [0.15, 0.2) is 91.4 Å². The van der Waals surface area contributed by atoms with Crippen LogP contribution in [0.2, 0.25) is 0 Å². The second-order valence-electron chi connectivity index (χ2n) is 14.2. The highest BCUT2D eigenvalue weighted by molar-refractivity contribution is 6.04. The Bertz CT molecular complexity index is 2610. The summed E-state index contributed by atoms with van der Waals surface area (Å²) >= 11 is 0. The Kier molecular flexibility index (Phi) is 10.3. The van der Waals surface area contributed by atoms with Crippen LogP contribution in [0.5, 0.6) is 0 Å². The topological polar surface area (TPSA) is 187 Å². The van der Waals surface area contributed by atoms with Crippen LogP contribution in [0.25, 0.3) is 54.8 Å². The molecule has 56 heavy (non-hydrogen) atoms. The first kappa shape index (κ1) is 37.7. The molecule has 10 rings (SSSR count). The zero-order valence-corrected chi connectivity index (χ0v) is 30.7. The Hall–Kier alpha value is -6.63. The van der Waals surface area contributed by atoms with Gasteiger partial charge in [-0.15, -0.1) is 0 Å². The predicted octanol–water partition coefficient (Wildman–Crippen LogP) is 7.89. The number of imidazole rings is 2. The van der Waals surface area contributed by atoms with Gasteiger partial charge in [-0.25, -0.2) is 9.97 Å². The fraction of sp³-hybridized carbons (Fsp3) is 0.279. The number of anilines is 2. The highest BCUT2D eigenvalue weighted by Crippen LogP contribution is 2.49. The van der Waals surface area contributed by atoms with Crippen molar-refractivity contribution in [2.45, 2.75) is 44.9 Å². The maximum absolute atomic E-state index is 10.2. The Morgan fingerprint density at radius 2 is 1.05 bits per heavy atom. The normalized spacial score (nSPS) is 18.6. The lowest BCUT2D eigenvalue weighted by atomic mass is 9.72. The van der Waals surface area contributed by atoms with Gasteiger partial charge in [-0.05, 0) is 98.5 Å². The van der Waals surface area contributed by atoms with E-state index >= 15 is 0 Å². The number of aryl methyl sites for hydroxylation is 2. The lowest BCUT2D eigenvalue weighted by molar-refractivity contribution is -0.160. The molecule has 5 N–H and O–H groups in total. The molecule has 13 nitrogen and oxygen atoms in total. The number of nitrogens with two attached hydrogens (primary N) is 1. The van der Waals surface area contributed by atoms with Crippen molar-refractivity contribution in [1.29, 1.82) is 0 Å². The summed E-state index contributed by atoms with van der Waals surface area (Å²) < 4.78 is 4.53. The molecule has 0 spiro atoms. The van der Waals surface area contributed by atoms with Gasteiger partial charge in [0.25, 0.3) is 0 Å². The average molecular weight is 752 g/mol. The molecule has 0 saturated heterocycles. The van der Waals surface area contributed by atoms with E-state index in [9.17, 15) is 9.59 Å². The summed E-state index contributed by atoms with van der Waals surface area (Å²) in [5, 5.41) is 23.0. The fourth-order valence-corrected chi connectivity index (χ4v) is 7.92. The predicted molar refractivity (Wildman–Crippen MR) is 221 cm³/mol. The van der Waals surface area contributed by atoms with Crippen LogP contribution in [-0.2, 0) is 23.7 Å². The quantitative estimate of drug-likeness (QED) is 0.125. The number of pyridine rings is 3. The van der Waals surface area contributed by atoms with Crippen LogP contribution in [-0.4, -0.2) is 63.3 Å². The molecule has 286 valence electrons. The first-order valence-electron chi connectivity index (χ1n) is 18.3. The first-order chi connectivity index (χ1) is 26.7. The third-order valence-corrected chi connectivity index (χ3v) is 11.3. The number of nitrogens with zero attached hydrogens (tertiary/aromatic N) is 7. The van der Waals surface area contributed by atoms with E-state index in [0.717, 1.165) is 90.6 Å². The second-order valence-corrected chi connectivity index (χ2v) is 14.2. The van der Waals surface area contributed by atoms with Gasteiger partial charge in [0.05, 0.1) is 61.8 Å². The smallest absolute Gasteiger partial charge is 0.307 e. The Labute approximate surface area is 323 Å². The van der Waals surface area contributed by atoms with Crippen molar-refractivity contribution >= 4 is 78.1 Å². The van der Waals surface area contributed by atoms with Crippen LogP contribution in [0.1, 0.15) is 56.6 Å². The van der Waals surface area contributed by atoms with Gasteiger partial charge >= 0.3 is 11.9 Å². The molecule has 2 aliphatic rings. The van der Waals surface area contributed by atoms with Crippen molar-refractivity contribution < 1.29 is 19.8 Å². The minimum atomic E-state index is -0.987. The third kappa shape index (κ3) is 6.48. The van der Waals surface area contributed by atoms with Gasteiger partial charge in [-0.3, -0.25) is 24.5 Å². The lowest BCUT2D eigenvalue weighted by Gasteiger charge is -2.35. The molecule has 0 radical (unpaired) electrons. The van der Waals surface area contributed by atoms with Crippen molar-refractivity contribution in [2.75, 3.05) is 18.1 Å². The molecule has 2 saturated carbocycles. The summed E-state index contributed by atoms with van der Waals surface area (Å²) in [4.78, 5) is 44.0. The molecule has 2 fully saturated rings. The van der Waals surface area contributed by atoms with Gasteiger partial charge in [-0.1, -0.05) is 7.43 Å². The van der Waals surface area contributed by atoms with Crippen LogP contribution < -0.4 is 11.1 Å². The van der Waals surface area contributed by atoms with E-state index in [0.29, 0.717) is 24.7 Å². The molecule has 0 bridgehead atoms. The molecule has 4 atom stereocenters. The summed E-state index contributed by atoms with van der Waals surface area (Å²) in [5.74, 6) is -0.247. The Balaban J connectivity index is 0.000000165. The molecule has 5 heterocycles. The summed E-state index contributed by atoms with van der Waals surface area (Å²) in [7, 11) is 6.13. The van der Waals surface area contributed by atoms with E-state index < -0.39 is 23.8 Å². The van der Waals surface area contributed by atoms with Gasteiger partial charge < -0.3 is 30.4 Å². The zero-order chi connectivity index (χ0) is 38.4. The largest absolute Gasteiger partial charge is 0.481 e. The Morgan fingerprint density at radius 1 is 0.643 bits per heavy atom. The number of aromatic nitrogens is 7. The molecule has 4 unspecified atom stereocenters. The van der Waals surface area contributed by atoms with Gasteiger partial charge in [0.2, 0.25) is 0 Å². The number of hydrogen-bond acceptors (Lipinski definition) is 9. The second kappa shape index (κ2) is 15.2. The highest BCUT2D eigenvalue weighted by atomic mass is 16.4. The summed E-state index contributed by atoms with van der Waals surface area (Å²) in [6.45, 7) is 0. The number of carboxylic acid groups (broad SMARTS) is 2. The van der Waals surface area contributed by atoms with Crippen LogP contribution in [0.4, 0.5) is 11.4 Å². The number of fused-ring (bicyclic) bond motifs is 7. The van der Waals surface area contributed by atoms with Gasteiger partial charge in [0, 0.05) is 67.7 Å². The van der Waals surface area contributed by atoms with Crippen LogP contribution in [0, 0.1) is 11.8 Å². The van der Waals surface area contributed by atoms with Gasteiger partial charge in [0.1, 0.15) is 11.6 Å². The molecular formula is C43H45N9O4. The average Bonchev–Trinajstić information content (AvgIpc) is 3.67. The van der Waals surface area contributed by atoms with Crippen molar-refractivity contribution in [1.82, 2.24) is 34.1 Å². The van der Waals surface area contributed by atoms with E-state index in [2.05, 4.69) is 79.9 Å². The van der Waals surface area contributed by atoms with Crippen LogP contribution in [0.3, 0.4) is 0 Å². The first-order valence-corrected chi connectivity index (χ1v) is 18.3. The van der Waals surface area contributed by atoms with Crippen molar-refractivity contribution in [2.24, 2.45) is 25.9 Å². The molecule has 5 aromatic heterocycles. The van der Waals surface area contributed by atoms with Gasteiger partial charge in [-0.2, -0.15) is 0 Å². The number of benzene rings is 3. The van der Waals surface area contributed by atoms with Crippen molar-refractivity contribution in [3.63, 3.8) is 0 Å². The van der Waals surface area contributed by atoms with E-state index in [4.69, 9.17) is 25.9 Å². The number of hydrogen-bond donors (Lipinski definition) is 4. The summed E-state index contributed by atoms with van der Waals surface area (Å²) in [6.07, 6.45) is 8.71. The standard InChI is InChI=1S/C26H22N6.C10H11N3.C6H8O4.CH4/c1-31-21-11-9-19-17(5-3-13-27-19)23(21)29-25(31)15-7-8-16(15)26-30-24-18-6-4-14-28-20(18)10-12-22(24)32(26)2;1-12-9-5-4-8-7(10(9)11)3-2-6-13-8;7-5(8)3-1-2-4(3)6(9)10;/h3-6,9-16H,7-8H2,1-2H3;2-6,12H,11H2,1H3;3-4H,1-2H2,(H,7,8)(H,9,10);1H4. The third-order valence-electron chi connectivity index (χ3n) is 11.3. The van der Waals surface area contributed by atoms with E-state index in [1.807, 2.05) is 55.8 Å². The number of carbonyl (C=O) groups is 2. The fourth-order valence-electron chi connectivity index (χ4n) is 7.92. The molecule has 0 aliphatic heterocycles. The van der Waals surface area contributed by atoms with Crippen LogP contribution >= 0.6 is 0 Å². The van der Waals surface area contributed by atoms with E-state index in [-0.39, 0.29) is 7.43 Å². The van der Waals surface area contributed by atoms with Crippen molar-refractivity contribution in [3.05, 3.63) is 103 Å². The SMILES string of the molecule is C.CNc1ccc2ncccc2c1N.Cn1c(C2CCC2c2nc3c4cccnc4ccc3n2C)nc2c3cccnc3ccc21.O=C(O)C1CCC1C(=O)O.